The number of aryl methyl sites for hydroxylation is 3. The SMILES string of the molecule is Cc1cc(C)c(S(=O)(=O)NCC(c2cccnc2)[NH+]2CCN(c3ccccc3F)CC2)c(C)c1. The molecule has 1 unspecified atom stereocenters. The molecule has 3 aromatic rings. The molecule has 1 aromatic heterocycles. The number of benzene rings is 2. The minimum absolute atomic E-state index is 0.0997. The second-order valence-electron chi connectivity index (χ2n) is 9.02. The maximum Gasteiger partial charge on any atom is 0.241 e. The number of nitrogens with one attached hydrogen (secondary N) is 2. The molecule has 0 radical (unpaired) electrons. The molecule has 8 heteroatoms. The first-order valence-electron chi connectivity index (χ1n) is 11.6. The summed E-state index contributed by atoms with van der Waals surface area (Å²) in [7, 11) is -3.68. The number of halogens is 1. The van der Waals surface area contributed by atoms with Gasteiger partial charge in [0.25, 0.3) is 0 Å². The van der Waals surface area contributed by atoms with Crippen LogP contribution in [0.3, 0.4) is 0 Å². The van der Waals surface area contributed by atoms with E-state index in [1.54, 1.807) is 24.5 Å². The van der Waals surface area contributed by atoms with E-state index in [0.717, 1.165) is 35.3 Å². The van der Waals surface area contributed by atoms with Crippen LogP contribution in [0.1, 0.15) is 28.3 Å². The van der Waals surface area contributed by atoms with Gasteiger partial charge in [0.15, 0.2) is 0 Å². The number of hydrogen-bond donors (Lipinski definition) is 2. The van der Waals surface area contributed by atoms with Gasteiger partial charge in [-0.1, -0.05) is 29.8 Å². The van der Waals surface area contributed by atoms with Crippen LogP contribution in [-0.2, 0) is 10.0 Å². The second kappa shape index (κ2) is 10.2. The topological polar surface area (TPSA) is 66.7 Å². The van der Waals surface area contributed by atoms with Crippen molar-refractivity contribution in [2.45, 2.75) is 31.7 Å². The van der Waals surface area contributed by atoms with Crippen LogP contribution in [0.2, 0.25) is 0 Å². The highest BCUT2D eigenvalue weighted by atomic mass is 32.2. The first-order chi connectivity index (χ1) is 16.3. The highest BCUT2D eigenvalue weighted by molar-refractivity contribution is 7.89. The Kier molecular flexibility index (Phi) is 7.30. The molecular weight excluding hydrogens is 451 g/mol. The summed E-state index contributed by atoms with van der Waals surface area (Å²) in [5, 5.41) is 0. The lowest BCUT2D eigenvalue weighted by Gasteiger charge is -2.37. The van der Waals surface area contributed by atoms with Gasteiger partial charge in [-0.2, -0.15) is 0 Å². The first kappa shape index (κ1) is 24.3. The quantitative estimate of drug-likeness (QED) is 0.542. The van der Waals surface area contributed by atoms with Gasteiger partial charge in [-0.3, -0.25) is 4.98 Å². The van der Waals surface area contributed by atoms with E-state index in [-0.39, 0.29) is 18.4 Å². The van der Waals surface area contributed by atoms with E-state index < -0.39 is 10.0 Å². The zero-order valence-corrected chi connectivity index (χ0v) is 20.7. The number of pyridine rings is 1. The standard InChI is InChI=1S/C26H31FN4O2S/c1-19-15-20(2)26(21(3)16-19)34(32,33)29-18-25(22-7-6-10-28-17-22)31-13-11-30(12-14-31)24-9-5-4-8-23(24)27/h4-10,15-17,25,29H,11-14,18H2,1-3H3/p+1. The average molecular weight is 484 g/mol. The van der Waals surface area contributed by atoms with Crippen LogP contribution in [0.25, 0.3) is 0 Å². The number of quaternary nitrogens is 1. The largest absolute Gasteiger partial charge is 0.358 e. The molecular formula is C26H32FN4O2S+. The van der Waals surface area contributed by atoms with Gasteiger partial charge in [0.1, 0.15) is 11.9 Å². The number of sulfonamides is 1. The number of para-hydroxylation sites is 1. The fourth-order valence-electron chi connectivity index (χ4n) is 5.03. The van der Waals surface area contributed by atoms with Crippen molar-refractivity contribution in [2.75, 3.05) is 37.6 Å². The summed E-state index contributed by atoms with van der Waals surface area (Å²) in [4.78, 5) is 7.92. The van der Waals surface area contributed by atoms with Gasteiger partial charge in [-0.15, -0.1) is 0 Å². The Morgan fingerprint density at radius 3 is 2.35 bits per heavy atom. The molecule has 180 valence electrons. The van der Waals surface area contributed by atoms with Crippen molar-refractivity contribution in [2.24, 2.45) is 0 Å². The van der Waals surface area contributed by atoms with E-state index in [1.165, 1.54) is 11.0 Å². The van der Waals surface area contributed by atoms with Crippen molar-refractivity contribution in [1.29, 1.82) is 0 Å². The Morgan fingerprint density at radius 2 is 1.74 bits per heavy atom. The van der Waals surface area contributed by atoms with Gasteiger partial charge in [0.2, 0.25) is 10.0 Å². The Labute approximate surface area is 201 Å². The number of nitrogens with zero attached hydrogens (tertiary/aromatic N) is 2. The van der Waals surface area contributed by atoms with Crippen LogP contribution in [0.5, 0.6) is 0 Å². The third kappa shape index (κ3) is 5.29. The minimum Gasteiger partial charge on any atom is -0.358 e. The monoisotopic (exact) mass is 483 g/mol. The molecule has 6 nitrogen and oxygen atoms in total. The predicted molar refractivity (Wildman–Crippen MR) is 132 cm³/mol. The lowest BCUT2D eigenvalue weighted by atomic mass is 10.1. The van der Waals surface area contributed by atoms with Crippen molar-refractivity contribution in [3.05, 3.63) is 89.0 Å². The summed E-state index contributed by atoms with van der Waals surface area (Å²) in [6.45, 7) is 8.80. The number of anilines is 1. The molecule has 0 aliphatic carbocycles. The van der Waals surface area contributed by atoms with Gasteiger partial charge in [0.05, 0.1) is 43.3 Å². The molecule has 0 amide bonds. The molecule has 1 atom stereocenters. The van der Waals surface area contributed by atoms with E-state index in [2.05, 4.69) is 14.6 Å². The van der Waals surface area contributed by atoms with Crippen LogP contribution in [-0.4, -0.2) is 46.1 Å². The summed E-state index contributed by atoms with van der Waals surface area (Å²) < 4.78 is 43.7. The van der Waals surface area contributed by atoms with E-state index in [0.29, 0.717) is 23.7 Å². The summed E-state index contributed by atoms with van der Waals surface area (Å²) in [6, 6.07) is 14.4. The summed E-state index contributed by atoms with van der Waals surface area (Å²) in [6.07, 6.45) is 3.52. The molecule has 0 saturated carbocycles. The first-order valence-corrected chi connectivity index (χ1v) is 13.1. The number of aromatic nitrogens is 1. The predicted octanol–water partition coefficient (Wildman–Crippen LogP) is 2.57. The molecule has 2 aromatic carbocycles. The van der Waals surface area contributed by atoms with Crippen LogP contribution in [0, 0.1) is 26.6 Å². The van der Waals surface area contributed by atoms with Crippen LogP contribution < -0.4 is 14.5 Å². The zero-order chi connectivity index (χ0) is 24.3. The van der Waals surface area contributed by atoms with E-state index in [4.69, 9.17) is 0 Å². The zero-order valence-electron chi connectivity index (χ0n) is 19.9. The number of rotatable bonds is 7. The number of piperazine rings is 1. The molecule has 2 heterocycles. The molecule has 0 bridgehead atoms. The lowest BCUT2D eigenvalue weighted by Crippen LogP contribution is -3.15. The molecule has 0 spiro atoms. The fourth-order valence-corrected chi connectivity index (χ4v) is 6.52. The maximum absolute atomic E-state index is 14.3. The summed E-state index contributed by atoms with van der Waals surface area (Å²) in [5.41, 5.74) is 4.13. The van der Waals surface area contributed by atoms with Gasteiger partial charge in [-0.05, 0) is 56.2 Å². The Hall–Kier alpha value is -2.81. The maximum atomic E-state index is 14.3. The highest BCUT2D eigenvalue weighted by Gasteiger charge is 2.31. The van der Waals surface area contributed by atoms with Crippen molar-refractivity contribution in [3.63, 3.8) is 0 Å². The summed E-state index contributed by atoms with van der Waals surface area (Å²) >= 11 is 0. The van der Waals surface area contributed by atoms with Gasteiger partial charge in [0, 0.05) is 18.0 Å². The Bertz CT molecular complexity index is 1220. The van der Waals surface area contributed by atoms with E-state index in [9.17, 15) is 12.8 Å². The van der Waals surface area contributed by atoms with Crippen LogP contribution in [0.15, 0.2) is 65.8 Å². The molecule has 1 saturated heterocycles. The molecule has 4 rings (SSSR count). The van der Waals surface area contributed by atoms with Gasteiger partial charge in [-0.25, -0.2) is 17.5 Å². The molecule has 2 N–H and O–H groups in total. The molecule has 1 aliphatic heterocycles. The Morgan fingerprint density at radius 1 is 1.06 bits per heavy atom. The fraction of sp³-hybridized carbons (Fsp3) is 0.346. The van der Waals surface area contributed by atoms with Crippen molar-refractivity contribution in [3.8, 4) is 0 Å². The highest BCUT2D eigenvalue weighted by Crippen LogP contribution is 2.22. The molecule has 34 heavy (non-hydrogen) atoms. The van der Waals surface area contributed by atoms with E-state index >= 15 is 0 Å². The van der Waals surface area contributed by atoms with Crippen LogP contribution >= 0.6 is 0 Å². The normalized spacial score (nSPS) is 15.9. The van der Waals surface area contributed by atoms with Crippen molar-refractivity contribution in [1.82, 2.24) is 9.71 Å². The van der Waals surface area contributed by atoms with E-state index in [1.807, 2.05) is 51.1 Å². The lowest BCUT2D eigenvalue weighted by molar-refractivity contribution is -0.930. The van der Waals surface area contributed by atoms with Gasteiger partial charge < -0.3 is 9.80 Å². The number of hydrogen-bond acceptors (Lipinski definition) is 4. The molecule has 1 fully saturated rings. The van der Waals surface area contributed by atoms with Crippen molar-refractivity contribution < 1.29 is 17.7 Å². The third-order valence-corrected chi connectivity index (χ3v) is 8.26. The Balaban J connectivity index is 1.53. The minimum atomic E-state index is -3.68. The molecule has 1 aliphatic rings. The van der Waals surface area contributed by atoms with Crippen LogP contribution in [0.4, 0.5) is 10.1 Å². The second-order valence-corrected chi connectivity index (χ2v) is 10.7. The summed E-state index contributed by atoms with van der Waals surface area (Å²) in [5.74, 6) is -0.216. The third-order valence-electron chi connectivity index (χ3n) is 6.53. The van der Waals surface area contributed by atoms with Crippen molar-refractivity contribution >= 4 is 15.7 Å². The average Bonchev–Trinajstić information content (AvgIpc) is 2.80. The smallest absolute Gasteiger partial charge is 0.241 e. The van der Waals surface area contributed by atoms with Gasteiger partial charge >= 0.3 is 0 Å².